The maximum Gasteiger partial charge on any atom is 0.341 e. The summed E-state index contributed by atoms with van der Waals surface area (Å²) in [6, 6.07) is 14.0. The maximum atomic E-state index is 13.1. The summed E-state index contributed by atoms with van der Waals surface area (Å²) in [5.41, 5.74) is 2.33. The van der Waals surface area contributed by atoms with Crippen LogP contribution in [0.2, 0.25) is 0 Å². The molecule has 1 unspecified atom stereocenters. The molecule has 0 saturated carbocycles. The lowest BCUT2D eigenvalue weighted by Crippen LogP contribution is -2.43. The summed E-state index contributed by atoms with van der Waals surface area (Å²) in [7, 11) is -2.89. The Hall–Kier alpha value is -2.72. The van der Waals surface area contributed by atoms with E-state index in [4.69, 9.17) is 0 Å². The Morgan fingerprint density at radius 1 is 1.11 bits per heavy atom. The number of carbonyl (C=O) groups is 2. The van der Waals surface area contributed by atoms with E-state index in [0.717, 1.165) is 5.56 Å². The molecular formula is C21H23N2O4P. The van der Waals surface area contributed by atoms with Crippen LogP contribution < -0.4 is 10.2 Å². The Morgan fingerprint density at radius 3 is 2.32 bits per heavy atom. The van der Waals surface area contributed by atoms with Crippen LogP contribution in [0.4, 0.5) is 11.4 Å². The average Bonchev–Trinajstić information content (AvgIpc) is 2.94. The smallest absolute Gasteiger partial charge is 0.322 e. The molecule has 1 aliphatic heterocycles. The van der Waals surface area contributed by atoms with Crippen LogP contribution in [0.15, 0.2) is 48.5 Å². The van der Waals surface area contributed by atoms with E-state index in [-0.39, 0.29) is 17.7 Å². The third-order valence-electron chi connectivity index (χ3n) is 5.05. The molecule has 1 N–H and O–H groups in total. The number of benzene rings is 2. The Morgan fingerprint density at radius 2 is 1.75 bits per heavy atom. The second-order valence-corrected chi connectivity index (χ2v) is 9.35. The number of anilines is 2. The van der Waals surface area contributed by atoms with E-state index in [1.165, 1.54) is 18.7 Å². The molecule has 28 heavy (non-hydrogen) atoms. The van der Waals surface area contributed by atoms with Crippen molar-refractivity contribution in [2.24, 2.45) is 5.92 Å². The standard InChI is InChI=1S/C21H23N2O4P/c1-13(2)18-16-11-10-15(22-19(24)14-8-6-5-7-9-14)12-17(16)23(20(18)25)21(3,4)28(26)27/h5-13,18H,1-4H3,(H,22,24). The molecule has 0 radical (unpaired) electrons. The summed E-state index contributed by atoms with van der Waals surface area (Å²) in [5.74, 6) is -0.906. The van der Waals surface area contributed by atoms with Crippen LogP contribution >= 0.6 is 7.68 Å². The summed E-state index contributed by atoms with van der Waals surface area (Å²) < 4.78 is 23.7. The van der Waals surface area contributed by atoms with Crippen LogP contribution in [0.5, 0.6) is 0 Å². The third-order valence-corrected chi connectivity index (χ3v) is 6.14. The van der Waals surface area contributed by atoms with E-state index in [1.54, 1.807) is 42.5 Å². The lowest BCUT2D eigenvalue weighted by molar-refractivity contribution is -0.120. The van der Waals surface area contributed by atoms with Crippen LogP contribution in [-0.4, -0.2) is 17.1 Å². The second kappa shape index (κ2) is 7.36. The van der Waals surface area contributed by atoms with Crippen molar-refractivity contribution in [1.29, 1.82) is 0 Å². The van der Waals surface area contributed by atoms with Gasteiger partial charge >= 0.3 is 7.68 Å². The molecule has 0 spiro atoms. The van der Waals surface area contributed by atoms with Crippen molar-refractivity contribution < 1.29 is 18.7 Å². The molecule has 0 fully saturated rings. The first-order valence-electron chi connectivity index (χ1n) is 9.13. The molecular weight excluding hydrogens is 375 g/mol. The van der Waals surface area contributed by atoms with Gasteiger partial charge in [0.2, 0.25) is 5.91 Å². The first-order valence-corrected chi connectivity index (χ1v) is 10.3. The highest BCUT2D eigenvalue weighted by atomic mass is 31.1. The number of hydrogen-bond acceptors (Lipinski definition) is 4. The molecule has 7 heteroatoms. The van der Waals surface area contributed by atoms with Gasteiger partial charge in [-0.15, -0.1) is 0 Å². The Kier molecular flexibility index (Phi) is 5.26. The average molecular weight is 398 g/mol. The van der Waals surface area contributed by atoms with Gasteiger partial charge in [-0.25, -0.2) is 9.13 Å². The minimum absolute atomic E-state index is 0.0151. The molecule has 0 aliphatic carbocycles. The zero-order valence-electron chi connectivity index (χ0n) is 16.3. The molecule has 3 rings (SSSR count). The number of nitrogens with zero attached hydrogens (tertiary/aromatic N) is 1. The van der Waals surface area contributed by atoms with Gasteiger partial charge in [0.05, 0.1) is 11.6 Å². The van der Waals surface area contributed by atoms with Crippen molar-refractivity contribution in [3.05, 3.63) is 59.7 Å². The molecule has 0 bridgehead atoms. The summed E-state index contributed by atoms with van der Waals surface area (Å²) in [6.07, 6.45) is 0. The molecule has 2 aromatic carbocycles. The lowest BCUT2D eigenvalue weighted by atomic mass is 9.89. The number of amides is 2. The molecule has 1 atom stereocenters. The monoisotopic (exact) mass is 398 g/mol. The quantitative estimate of drug-likeness (QED) is 0.724. The molecule has 0 aromatic heterocycles. The van der Waals surface area contributed by atoms with E-state index in [2.05, 4.69) is 5.32 Å². The highest BCUT2D eigenvalue weighted by Gasteiger charge is 2.48. The van der Waals surface area contributed by atoms with Gasteiger partial charge in [-0.1, -0.05) is 38.1 Å². The first-order chi connectivity index (χ1) is 13.1. The number of hydrogen-bond donors (Lipinski definition) is 1. The van der Waals surface area contributed by atoms with Crippen LogP contribution in [0.25, 0.3) is 0 Å². The number of fused-ring (bicyclic) bond motifs is 1. The fraction of sp³-hybridized carbons (Fsp3) is 0.333. The Labute approximate surface area is 164 Å². The van der Waals surface area contributed by atoms with Gasteiger partial charge in [-0.05, 0) is 49.6 Å². The number of rotatable bonds is 5. The van der Waals surface area contributed by atoms with Crippen molar-refractivity contribution in [3.8, 4) is 0 Å². The Balaban J connectivity index is 2.03. The van der Waals surface area contributed by atoms with Gasteiger partial charge in [0, 0.05) is 11.3 Å². The molecule has 2 amide bonds. The van der Waals surface area contributed by atoms with Crippen LogP contribution in [0.1, 0.15) is 49.5 Å². The molecule has 146 valence electrons. The second-order valence-electron chi connectivity index (χ2n) is 7.74. The van der Waals surface area contributed by atoms with Gasteiger partial charge in [-0.2, -0.15) is 0 Å². The zero-order valence-corrected chi connectivity index (χ0v) is 17.2. The van der Waals surface area contributed by atoms with E-state index in [1.807, 2.05) is 19.9 Å². The highest BCUT2D eigenvalue weighted by Crippen LogP contribution is 2.49. The number of nitrogens with one attached hydrogen (secondary N) is 1. The topological polar surface area (TPSA) is 83.6 Å². The van der Waals surface area contributed by atoms with Crippen molar-refractivity contribution in [2.45, 2.75) is 38.9 Å². The summed E-state index contributed by atoms with van der Waals surface area (Å²) in [5, 5.41) is 1.45. The molecule has 2 aromatic rings. The zero-order chi connectivity index (χ0) is 20.6. The Bertz CT molecular complexity index is 989. The van der Waals surface area contributed by atoms with Crippen molar-refractivity contribution in [3.63, 3.8) is 0 Å². The van der Waals surface area contributed by atoms with Crippen molar-refractivity contribution >= 4 is 30.9 Å². The van der Waals surface area contributed by atoms with Crippen LogP contribution in [-0.2, 0) is 13.9 Å². The van der Waals surface area contributed by atoms with E-state index < -0.39 is 18.9 Å². The lowest BCUT2D eigenvalue weighted by Gasteiger charge is -2.30. The van der Waals surface area contributed by atoms with Crippen LogP contribution in [0, 0.1) is 5.92 Å². The summed E-state index contributed by atoms with van der Waals surface area (Å²) >= 11 is 0. The predicted octanol–water partition coefficient (Wildman–Crippen LogP) is 4.93. The minimum atomic E-state index is -2.89. The van der Waals surface area contributed by atoms with Gasteiger partial charge in [0.25, 0.3) is 5.91 Å². The molecule has 1 heterocycles. The largest absolute Gasteiger partial charge is 0.341 e. The van der Waals surface area contributed by atoms with E-state index in [9.17, 15) is 18.7 Å². The van der Waals surface area contributed by atoms with Gasteiger partial charge in [0.15, 0.2) is 5.28 Å². The van der Waals surface area contributed by atoms with Crippen molar-refractivity contribution in [2.75, 3.05) is 10.2 Å². The van der Waals surface area contributed by atoms with Crippen molar-refractivity contribution in [1.82, 2.24) is 0 Å². The van der Waals surface area contributed by atoms with Gasteiger partial charge in [-0.3, -0.25) is 14.5 Å². The third kappa shape index (κ3) is 3.40. The first kappa shape index (κ1) is 20.0. The minimum Gasteiger partial charge on any atom is -0.322 e. The fourth-order valence-electron chi connectivity index (χ4n) is 3.55. The maximum absolute atomic E-state index is 13.1. The van der Waals surface area contributed by atoms with Gasteiger partial charge < -0.3 is 5.32 Å². The normalized spacial score (nSPS) is 16.2. The molecule has 1 aliphatic rings. The summed E-state index contributed by atoms with van der Waals surface area (Å²) in [6.45, 7) is 6.90. The number of carbonyl (C=O) groups excluding carboxylic acids is 2. The highest BCUT2D eigenvalue weighted by molar-refractivity contribution is 7.33. The van der Waals surface area contributed by atoms with E-state index in [0.29, 0.717) is 16.9 Å². The van der Waals surface area contributed by atoms with Gasteiger partial charge in [0.1, 0.15) is 0 Å². The molecule has 6 nitrogen and oxygen atoms in total. The molecule has 0 saturated heterocycles. The summed E-state index contributed by atoms with van der Waals surface area (Å²) in [4.78, 5) is 26.9. The predicted molar refractivity (Wildman–Crippen MR) is 108 cm³/mol. The van der Waals surface area contributed by atoms with Crippen LogP contribution in [0.3, 0.4) is 0 Å². The fourth-order valence-corrected chi connectivity index (χ4v) is 3.92. The van der Waals surface area contributed by atoms with E-state index >= 15 is 0 Å². The SMILES string of the molecule is CC(C)C1C(=O)N(C(C)(C)P(=O)=O)c2cc(NC(=O)c3ccccc3)ccc21.